The average molecular weight is 426 g/mol. The van der Waals surface area contributed by atoms with Gasteiger partial charge in [0.2, 0.25) is 5.28 Å². The van der Waals surface area contributed by atoms with Gasteiger partial charge >= 0.3 is 0 Å². The molecule has 0 aliphatic rings. The van der Waals surface area contributed by atoms with Crippen LogP contribution in [0.2, 0.25) is 10.3 Å². The Kier molecular flexibility index (Phi) is 5.13. The molecule has 4 rings (SSSR count). The minimum Gasteiger partial charge on any atom is -0.383 e. The van der Waals surface area contributed by atoms with Crippen molar-refractivity contribution in [3.05, 3.63) is 87.0 Å². The SMILES string of the molecule is C[C@H](Nc1cc(N)nc(Cl)n1)c1cc2cccc(Cl)c2c(=O)n1-c1ccccc1. The van der Waals surface area contributed by atoms with Gasteiger partial charge in [-0.25, -0.2) is 9.97 Å². The van der Waals surface area contributed by atoms with Crippen LogP contribution in [0.4, 0.5) is 11.6 Å². The van der Waals surface area contributed by atoms with E-state index in [1.54, 1.807) is 16.7 Å². The normalized spacial score (nSPS) is 12.1. The summed E-state index contributed by atoms with van der Waals surface area (Å²) in [6, 6.07) is 18.1. The predicted molar refractivity (Wildman–Crippen MR) is 118 cm³/mol. The summed E-state index contributed by atoms with van der Waals surface area (Å²) in [4.78, 5) is 21.4. The number of hydrogen-bond donors (Lipinski definition) is 2. The summed E-state index contributed by atoms with van der Waals surface area (Å²) in [6.45, 7) is 1.93. The van der Waals surface area contributed by atoms with Crippen LogP contribution >= 0.6 is 23.2 Å². The fourth-order valence-corrected chi connectivity index (χ4v) is 3.76. The van der Waals surface area contributed by atoms with Gasteiger partial charge in [-0.15, -0.1) is 0 Å². The van der Waals surface area contributed by atoms with E-state index in [1.807, 2.05) is 55.5 Å². The number of fused-ring (bicyclic) bond motifs is 1. The van der Waals surface area contributed by atoms with Crippen molar-refractivity contribution in [2.75, 3.05) is 11.1 Å². The van der Waals surface area contributed by atoms with E-state index in [0.717, 1.165) is 16.8 Å². The fraction of sp³-hybridized carbons (Fsp3) is 0.0952. The van der Waals surface area contributed by atoms with Crippen LogP contribution in [0.25, 0.3) is 16.5 Å². The number of para-hydroxylation sites is 1. The van der Waals surface area contributed by atoms with Crippen LogP contribution in [0.1, 0.15) is 18.7 Å². The Morgan fingerprint density at radius 3 is 2.52 bits per heavy atom. The van der Waals surface area contributed by atoms with E-state index >= 15 is 0 Å². The molecule has 0 aliphatic heterocycles. The zero-order valence-electron chi connectivity index (χ0n) is 15.4. The third kappa shape index (κ3) is 3.77. The molecule has 0 unspecified atom stereocenters. The number of nitrogens with zero attached hydrogens (tertiary/aromatic N) is 3. The molecule has 2 aromatic carbocycles. The molecule has 2 heterocycles. The summed E-state index contributed by atoms with van der Waals surface area (Å²) in [6.07, 6.45) is 0. The van der Waals surface area contributed by atoms with Gasteiger partial charge in [0.15, 0.2) is 0 Å². The van der Waals surface area contributed by atoms with Crippen LogP contribution in [0.15, 0.2) is 65.5 Å². The minimum absolute atomic E-state index is 0.0467. The van der Waals surface area contributed by atoms with Crippen molar-refractivity contribution in [2.45, 2.75) is 13.0 Å². The van der Waals surface area contributed by atoms with Crippen LogP contribution < -0.4 is 16.6 Å². The molecule has 0 spiro atoms. The highest BCUT2D eigenvalue weighted by molar-refractivity contribution is 6.35. The number of aromatic nitrogens is 3. The van der Waals surface area contributed by atoms with E-state index in [2.05, 4.69) is 15.3 Å². The molecule has 3 N–H and O–H groups in total. The van der Waals surface area contributed by atoms with Crippen LogP contribution in [0.3, 0.4) is 0 Å². The predicted octanol–water partition coefficient (Wildman–Crippen LogP) is 4.84. The van der Waals surface area contributed by atoms with E-state index in [0.29, 0.717) is 16.2 Å². The third-order valence-corrected chi connectivity index (χ3v) is 5.05. The van der Waals surface area contributed by atoms with Gasteiger partial charge in [-0.1, -0.05) is 41.9 Å². The van der Waals surface area contributed by atoms with Crippen LogP contribution in [0.5, 0.6) is 0 Å². The molecular weight excluding hydrogens is 409 g/mol. The lowest BCUT2D eigenvalue weighted by atomic mass is 10.1. The Hall–Kier alpha value is -3.09. The first kappa shape index (κ1) is 19.2. The maximum Gasteiger partial charge on any atom is 0.264 e. The highest BCUT2D eigenvalue weighted by Gasteiger charge is 2.18. The highest BCUT2D eigenvalue weighted by Crippen LogP contribution is 2.27. The first-order valence-electron chi connectivity index (χ1n) is 8.90. The largest absolute Gasteiger partial charge is 0.383 e. The molecule has 0 amide bonds. The molecule has 2 aromatic heterocycles. The second kappa shape index (κ2) is 7.73. The molecule has 0 fully saturated rings. The molecule has 29 heavy (non-hydrogen) atoms. The van der Waals surface area contributed by atoms with Crippen molar-refractivity contribution in [2.24, 2.45) is 0 Å². The molecule has 0 radical (unpaired) electrons. The Labute approximate surface area is 176 Å². The van der Waals surface area contributed by atoms with E-state index in [-0.39, 0.29) is 22.7 Å². The van der Waals surface area contributed by atoms with E-state index in [9.17, 15) is 4.79 Å². The molecule has 0 bridgehead atoms. The van der Waals surface area contributed by atoms with Gasteiger partial charge in [0.1, 0.15) is 11.6 Å². The highest BCUT2D eigenvalue weighted by atomic mass is 35.5. The number of benzene rings is 2. The number of nitrogens with two attached hydrogens (primary N) is 1. The van der Waals surface area contributed by atoms with E-state index < -0.39 is 0 Å². The standard InChI is InChI=1S/C21H17Cl2N5O/c1-12(25-18-11-17(24)26-21(23)27-18)16-10-13-6-5-9-15(22)19(13)20(29)28(16)14-7-3-2-4-8-14/h2-12H,1H3,(H3,24,25,26,27)/t12-/m0/s1. The Morgan fingerprint density at radius 2 is 1.79 bits per heavy atom. The van der Waals surface area contributed by atoms with Gasteiger partial charge in [0, 0.05) is 17.4 Å². The second-order valence-corrected chi connectivity index (χ2v) is 7.31. The van der Waals surface area contributed by atoms with Crippen LogP contribution in [-0.4, -0.2) is 14.5 Å². The first-order chi connectivity index (χ1) is 13.9. The molecule has 146 valence electrons. The smallest absolute Gasteiger partial charge is 0.264 e. The molecule has 0 saturated heterocycles. The fourth-order valence-electron chi connectivity index (χ4n) is 3.31. The Morgan fingerprint density at radius 1 is 1.03 bits per heavy atom. The lowest BCUT2D eigenvalue weighted by Crippen LogP contribution is -2.25. The summed E-state index contributed by atoms with van der Waals surface area (Å²) in [5.41, 5.74) is 7.05. The van der Waals surface area contributed by atoms with Crippen molar-refractivity contribution in [1.29, 1.82) is 0 Å². The quantitative estimate of drug-likeness (QED) is 0.456. The maximum absolute atomic E-state index is 13.4. The number of anilines is 2. The number of rotatable bonds is 4. The zero-order chi connectivity index (χ0) is 20.5. The topological polar surface area (TPSA) is 85.8 Å². The summed E-state index contributed by atoms with van der Waals surface area (Å²) < 4.78 is 1.65. The van der Waals surface area contributed by atoms with E-state index in [1.165, 1.54) is 0 Å². The van der Waals surface area contributed by atoms with Gasteiger partial charge in [-0.05, 0) is 48.2 Å². The van der Waals surface area contributed by atoms with E-state index in [4.69, 9.17) is 28.9 Å². The third-order valence-electron chi connectivity index (χ3n) is 4.57. The van der Waals surface area contributed by atoms with Crippen molar-refractivity contribution < 1.29 is 0 Å². The van der Waals surface area contributed by atoms with Gasteiger partial charge < -0.3 is 11.1 Å². The number of hydrogen-bond acceptors (Lipinski definition) is 5. The lowest BCUT2D eigenvalue weighted by Gasteiger charge is -2.21. The van der Waals surface area contributed by atoms with Gasteiger partial charge in [0.05, 0.1) is 16.5 Å². The first-order valence-corrected chi connectivity index (χ1v) is 9.66. The molecule has 4 aromatic rings. The summed E-state index contributed by atoms with van der Waals surface area (Å²) >= 11 is 12.3. The van der Waals surface area contributed by atoms with Crippen molar-refractivity contribution >= 4 is 45.6 Å². The monoisotopic (exact) mass is 425 g/mol. The van der Waals surface area contributed by atoms with Crippen LogP contribution in [-0.2, 0) is 0 Å². The summed E-state index contributed by atoms with van der Waals surface area (Å²) in [7, 11) is 0. The lowest BCUT2D eigenvalue weighted by molar-refractivity contribution is 0.773. The van der Waals surface area contributed by atoms with Gasteiger partial charge in [0.25, 0.3) is 5.56 Å². The Bertz CT molecular complexity index is 1240. The van der Waals surface area contributed by atoms with Crippen LogP contribution in [0, 0.1) is 0 Å². The molecule has 0 saturated carbocycles. The van der Waals surface area contributed by atoms with Crippen molar-refractivity contribution in [3.8, 4) is 5.69 Å². The number of nitrogens with one attached hydrogen (secondary N) is 1. The number of nitrogen functional groups attached to an aromatic ring is 1. The molecule has 0 aliphatic carbocycles. The average Bonchev–Trinajstić information content (AvgIpc) is 2.67. The maximum atomic E-state index is 13.4. The molecule has 1 atom stereocenters. The molecular formula is C21H17Cl2N5O. The number of halogens is 2. The Balaban J connectivity index is 1.91. The molecule has 8 heteroatoms. The summed E-state index contributed by atoms with van der Waals surface area (Å²) in [5, 5.41) is 4.95. The van der Waals surface area contributed by atoms with Gasteiger partial charge in [-0.2, -0.15) is 0 Å². The van der Waals surface area contributed by atoms with Crippen molar-refractivity contribution in [3.63, 3.8) is 0 Å². The van der Waals surface area contributed by atoms with Crippen molar-refractivity contribution in [1.82, 2.24) is 14.5 Å². The van der Waals surface area contributed by atoms with Gasteiger partial charge in [-0.3, -0.25) is 9.36 Å². The second-order valence-electron chi connectivity index (χ2n) is 6.56. The zero-order valence-corrected chi connectivity index (χ0v) is 16.9. The summed E-state index contributed by atoms with van der Waals surface area (Å²) in [5.74, 6) is 0.721. The minimum atomic E-state index is -0.295. The molecule has 6 nitrogen and oxygen atoms in total. The number of pyridine rings is 1.